The fraction of sp³-hybridized carbons (Fsp3) is 0.500. The molecule has 2 atom stereocenters. The SMILES string of the molecule is CC1CCN(C(=O)c2ccc(Cl)cn2)CC1Cl. The first-order valence-electron chi connectivity index (χ1n) is 5.63. The Morgan fingerprint density at radius 1 is 1.53 bits per heavy atom. The van der Waals surface area contributed by atoms with Gasteiger partial charge >= 0.3 is 0 Å². The van der Waals surface area contributed by atoms with E-state index in [4.69, 9.17) is 23.2 Å². The molecule has 1 aromatic heterocycles. The number of piperidine rings is 1. The van der Waals surface area contributed by atoms with Crippen molar-refractivity contribution in [2.75, 3.05) is 13.1 Å². The molecule has 0 aliphatic carbocycles. The van der Waals surface area contributed by atoms with Crippen molar-refractivity contribution < 1.29 is 4.79 Å². The van der Waals surface area contributed by atoms with Crippen molar-refractivity contribution in [2.45, 2.75) is 18.7 Å². The molecule has 92 valence electrons. The molecule has 0 radical (unpaired) electrons. The van der Waals surface area contributed by atoms with Gasteiger partial charge in [-0.1, -0.05) is 18.5 Å². The lowest BCUT2D eigenvalue weighted by Crippen LogP contribution is -2.44. The Bertz CT molecular complexity index is 407. The minimum absolute atomic E-state index is 0.0278. The second kappa shape index (κ2) is 5.23. The average molecular weight is 273 g/mol. The second-order valence-electron chi connectivity index (χ2n) is 4.39. The van der Waals surface area contributed by atoms with Crippen LogP contribution in [0.15, 0.2) is 18.3 Å². The van der Waals surface area contributed by atoms with E-state index in [0.717, 1.165) is 13.0 Å². The molecule has 1 saturated heterocycles. The molecule has 5 heteroatoms. The van der Waals surface area contributed by atoms with Gasteiger partial charge in [0.25, 0.3) is 5.91 Å². The summed E-state index contributed by atoms with van der Waals surface area (Å²) in [6, 6.07) is 3.32. The van der Waals surface area contributed by atoms with Gasteiger partial charge in [-0.15, -0.1) is 11.6 Å². The third kappa shape index (κ3) is 2.90. The molecule has 0 spiro atoms. The lowest BCUT2D eigenvalue weighted by atomic mass is 9.98. The van der Waals surface area contributed by atoms with Crippen LogP contribution in [0, 0.1) is 5.92 Å². The number of hydrogen-bond acceptors (Lipinski definition) is 2. The Hall–Kier alpha value is -0.800. The molecule has 1 aliphatic rings. The number of carbonyl (C=O) groups excluding carboxylic acids is 1. The number of nitrogens with zero attached hydrogens (tertiary/aromatic N) is 2. The van der Waals surface area contributed by atoms with E-state index in [1.165, 1.54) is 6.20 Å². The molecule has 2 unspecified atom stereocenters. The summed E-state index contributed by atoms with van der Waals surface area (Å²) in [5.41, 5.74) is 0.424. The number of amides is 1. The number of hydrogen-bond donors (Lipinski definition) is 0. The van der Waals surface area contributed by atoms with Gasteiger partial charge in [0.05, 0.1) is 10.4 Å². The molecule has 3 nitrogen and oxygen atoms in total. The minimum Gasteiger partial charge on any atom is -0.336 e. The van der Waals surface area contributed by atoms with Crippen molar-refractivity contribution in [3.8, 4) is 0 Å². The summed E-state index contributed by atoms with van der Waals surface area (Å²) in [7, 11) is 0. The van der Waals surface area contributed by atoms with Gasteiger partial charge in [-0.3, -0.25) is 4.79 Å². The number of rotatable bonds is 1. The van der Waals surface area contributed by atoms with Crippen LogP contribution in [0.1, 0.15) is 23.8 Å². The van der Waals surface area contributed by atoms with Crippen molar-refractivity contribution in [3.05, 3.63) is 29.0 Å². The van der Waals surface area contributed by atoms with E-state index >= 15 is 0 Å². The monoisotopic (exact) mass is 272 g/mol. The third-order valence-electron chi connectivity index (χ3n) is 3.10. The summed E-state index contributed by atoms with van der Waals surface area (Å²) in [5.74, 6) is 0.387. The Morgan fingerprint density at radius 2 is 2.29 bits per heavy atom. The fourth-order valence-electron chi connectivity index (χ4n) is 1.87. The van der Waals surface area contributed by atoms with Crippen molar-refractivity contribution in [2.24, 2.45) is 5.92 Å². The summed E-state index contributed by atoms with van der Waals surface area (Å²) in [6.45, 7) is 3.44. The highest BCUT2D eigenvalue weighted by Crippen LogP contribution is 2.22. The largest absolute Gasteiger partial charge is 0.336 e. The maximum Gasteiger partial charge on any atom is 0.272 e. The van der Waals surface area contributed by atoms with E-state index in [0.29, 0.717) is 23.2 Å². The van der Waals surface area contributed by atoms with Crippen molar-refractivity contribution >= 4 is 29.1 Å². The highest BCUT2D eigenvalue weighted by Gasteiger charge is 2.28. The number of halogens is 2. The first-order chi connectivity index (χ1) is 8.08. The zero-order chi connectivity index (χ0) is 12.4. The highest BCUT2D eigenvalue weighted by molar-refractivity contribution is 6.30. The maximum atomic E-state index is 12.1. The Kier molecular flexibility index (Phi) is 3.89. The molecular weight excluding hydrogens is 259 g/mol. The van der Waals surface area contributed by atoms with Crippen molar-refractivity contribution in [3.63, 3.8) is 0 Å². The van der Waals surface area contributed by atoms with Crippen molar-refractivity contribution in [1.29, 1.82) is 0 Å². The van der Waals surface area contributed by atoms with Crippen LogP contribution in [0.4, 0.5) is 0 Å². The number of pyridine rings is 1. The Morgan fingerprint density at radius 3 is 2.88 bits per heavy atom. The quantitative estimate of drug-likeness (QED) is 0.737. The zero-order valence-electron chi connectivity index (χ0n) is 9.57. The van der Waals surface area contributed by atoms with Crippen LogP contribution in [0.25, 0.3) is 0 Å². The van der Waals surface area contributed by atoms with Gasteiger partial charge in [0.1, 0.15) is 5.69 Å². The van der Waals surface area contributed by atoms with E-state index in [2.05, 4.69) is 11.9 Å². The van der Waals surface area contributed by atoms with E-state index in [1.54, 1.807) is 17.0 Å². The van der Waals surface area contributed by atoms with Crippen LogP contribution in [-0.2, 0) is 0 Å². The molecule has 0 N–H and O–H groups in total. The molecule has 0 bridgehead atoms. The second-order valence-corrected chi connectivity index (χ2v) is 5.39. The first-order valence-corrected chi connectivity index (χ1v) is 6.44. The van der Waals surface area contributed by atoms with E-state index in [1.807, 2.05) is 0 Å². The molecular formula is C12H14Cl2N2O. The first kappa shape index (κ1) is 12.7. The Balaban J connectivity index is 2.08. The van der Waals surface area contributed by atoms with Gasteiger partial charge in [0.15, 0.2) is 0 Å². The molecule has 1 amide bonds. The fourth-order valence-corrected chi connectivity index (χ4v) is 2.28. The standard InChI is InChI=1S/C12H14Cl2N2O/c1-8-4-5-16(7-10(8)14)12(17)11-3-2-9(13)6-15-11/h2-3,6,8,10H,4-5,7H2,1H3. The molecule has 2 heterocycles. The minimum atomic E-state index is -0.0702. The summed E-state index contributed by atoms with van der Waals surface area (Å²) in [5, 5.41) is 0.559. The number of aromatic nitrogens is 1. The predicted molar refractivity (Wildman–Crippen MR) is 68.6 cm³/mol. The van der Waals surface area contributed by atoms with Gasteiger partial charge in [-0.2, -0.15) is 0 Å². The van der Waals surface area contributed by atoms with Crippen LogP contribution < -0.4 is 0 Å². The maximum absolute atomic E-state index is 12.1. The molecule has 2 rings (SSSR count). The van der Waals surface area contributed by atoms with Crippen LogP contribution in [0.2, 0.25) is 5.02 Å². The summed E-state index contributed by atoms with van der Waals surface area (Å²) in [4.78, 5) is 17.9. The van der Waals surface area contributed by atoms with Gasteiger partial charge < -0.3 is 4.90 Å². The lowest BCUT2D eigenvalue weighted by Gasteiger charge is -2.33. The van der Waals surface area contributed by atoms with Crippen LogP contribution in [0.5, 0.6) is 0 Å². The van der Waals surface area contributed by atoms with Crippen LogP contribution in [0.3, 0.4) is 0 Å². The van der Waals surface area contributed by atoms with E-state index < -0.39 is 0 Å². The number of alkyl halides is 1. The van der Waals surface area contributed by atoms with E-state index in [9.17, 15) is 4.79 Å². The molecule has 0 saturated carbocycles. The zero-order valence-corrected chi connectivity index (χ0v) is 11.1. The molecule has 1 fully saturated rings. The van der Waals surface area contributed by atoms with Crippen LogP contribution in [-0.4, -0.2) is 34.3 Å². The van der Waals surface area contributed by atoms with Gasteiger partial charge in [-0.05, 0) is 24.5 Å². The number of likely N-dealkylation sites (tertiary alicyclic amines) is 1. The average Bonchev–Trinajstić information content (AvgIpc) is 2.33. The smallest absolute Gasteiger partial charge is 0.272 e. The molecule has 1 aromatic rings. The molecule has 17 heavy (non-hydrogen) atoms. The molecule has 1 aliphatic heterocycles. The highest BCUT2D eigenvalue weighted by atomic mass is 35.5. The summed E-state index contributed by atoms with van der Waals surface area (Å²) < 4.78 is 0. The lowest BCUT2D eigenvalue weighted by molar-refractivity contribution is 0.0695. The molecule has 0 aromatic carbocycles. The normalized spacial score (nSPS) is 24.8. The number of carbonyl (C=O) groups is 1. The van der Waals surface area contributed by atoms with Crippen molar-refractivity contribution in [1.82, 2.24) is 9.88 Å². The summed E-state index contributed by atoms with van der Waals surface area (Å²) >= 11 is 11.9. The predicted octanol–water partition coefficient (Wildman–Crippen LogP) is 2.82. The van der Waals surface area contributed by atoms with E-state index in [-0.39, 0.29) is 11.3 Å². The summed E-state index contributed by atoms with van der Waals surface area (Å²) in [6.07, 6.45) is 2.42. The van der Waals surface area contributed by atoms with Gasteiger partial charge in [0, 0.05) is 19.3 Å². The van der Waals surface area contributed by atoms with Gasteiger partial charge in [-0.25, -0.2) is 4.98 Å². The van der Waals surface area contributed by atoms with Gasteiger partial charge in [0.2, 0.25) is 0 Å². The topological polar surface area (TPSA) is 33.2 Å². The third-order valence-corrected chi connectivity index (χ3v) is 3.89. The Labute approximate surface area is 111 Å². The van der Waals surface area contributed by atoms with Crippen LogP contribution >= 0.6 is 23.2 Å².